The molecule has 1 aliphatic heterocycles. The number of rotatable bonds is 8. The standard InChI is InChI=1S/C23H34NO4/c1-3-9-20(25)16-24(2)15-14-21(17-24)28-22(26)23(27,19-12-7-8-13-19)18-10-5-4-6-11-18/h4-6,10-11,19,21,27H,3,7-9,12-17H2,1-2H3/q+1/t21?,23-,24?/m0/s1. The largest absolute Gasteiger partial charge is 0.454 e. The van der Waals surface area contributed by atoms with Crippen LogP contribution >= 0.6 is 0 Å². The maximum Gasteiger partial charge on any atom is 0.343 e. The van der Waals surface area contributed by atoms with E-state index in [9.17, 15) is 14.7 Å². The van der Waals surface area contributed by atoms with Gasteiger partial charge >= 0.3 is 5.97 Å². The first-order chi connectivity index (χ1) is 13.4. The highest BCUT2D eigenvalue weighted by molar-refractivity contribution is 5.82. The van der Waals surface area contributed by atoms with E-state index in [-0.39, 0.29) is 17.8 Å². The number of ether oxygens (including phenoxy) is 1. The van der Waals surface area contributed by atoms with Crippen LogP contribution in [-0.2, 0) is 19.9 Å². The van der Waals surface area contributed by atoms with Crippen molar-refractivity contribution in [2.45, 2.75) is 63.6 Å². The molecule has 1 saturated heterocycles. The van der Waals surface area contributed by atoms with Crippen molar-refractivity contribution in [3.63, 3.8) is 0 Å². The maximum atomic E-state index is 13.2. The summed E-state index contributed by atoms with van der Waals surface area (Å²) in [5, 5.41) is 11.5. The smallest absolute Gasteiger partial charge is 0.343 e. The van der Waals surface area contributed by atoms with Crippen molar-refractivity contribution in [3.8, 4) is 0 Å². The fraction of sp³-hybridized carbons (Fsp3) is 0.652. The van der Waals surface area contributed by atoms with Gasteiger partial charge in [-0.2, -0.15) is 0 Å². The van der Waals surface area contributed by atoms with Crippen LogP contribution < -0.4 is 0 Å². The predicted molar refractivity (Wildman–Crippen MR) is 107 cm³/mol. The van der Waals surface area contributed by atoms with Crippen LogP contribution in [-0.4, -0.2) is 54.1 Å². The molecule has 0 bridgehead atoms. The van der Waals surface area contributed by atoms with E-state index in [0.717, 1.165) is 45.1 Å². The van der Waals surface area contributed by atoms with Gasteiger partial charge in [0.25, 0.3) is 0 Å². The number of nitrogens with zero attached hydrogens (tertiary/aromatic N) is 1. The number of hydrogen-bond donors (Lipinski definition) is 1. The number of benzene rings is 1. The number of Topliss-reactive ketones (excluding diaryl/α,β-unsaturated/α-hetero) is 1. The normalized spacial score (nSPS) is 27.5. The molecule has 2 unspecified atom stereocenters. The van der Waals surface area contributed by atoms with Crippen molar-refractivity contribution in [2.75, 3.05) is 26.7 Å². The molecule has 154 valence electrons. The number of hydrogen-bond acceptors (Lipinski definition) is 4. The molecule has 0 amide bonds. The second-order valence-corrected chi connectivity index (χ2v) is 8.90. The van der Waals surface area contributed by atoms with Crippen molar-refractivity contribution >= 4 is 11.8 Å². The molecule has 1 heterocycles. The lowest BCUT2D eigenvalue weighted by molar-refractivity contribution is -0.891. The maximum absolute atomic E-state index is 13.2. The van der Waals surface area contributed by atoms with Crippen LogP contribution in [0.4, 0.5) is 0 Å². The molecule has 0 spiro atoms. The summed E-state index contributed by atoms with van der Waals surface area (Å²) in [6, 6.07) is 9.23. The Morgan fingerprint density at radius 1 is 1.18 bits per heavy atom. The van der Waals surface area contributed by atoms with Gasteiger partial charge < -0.3 is 14.3 Å². The molecule has 28 heavy (non-hydrogen) atoms. The van der Waals surface area contributed by atoms with Gasteiger partial charge in [0.2, 0.25) is 0 Å². The Morgan fingerprint density at radius 3 is 2.50 bits per heavy atom. The first-order valence-corrected chi connectivity index (χ1v) is 10.7. The second kappa shape index (κ2) is 8.75. The number of quaternary nitrogens is 1. The molecule has 0 radical (unpaired) electrons. The summed E-state index contributed by atoms with van der Waals surface area (Å²) in [5.74, 6) is -0.358. The lowest BCUT2D eigenvalue weighted by atomic mass is 9.80. The minimum Gasteiger partial charge on any atom is -0.454 e. The monoisotopic (exact) mass is 388 g/mol. The summed E-state index contributed by atoms with van der Waals surface area (Å²) in [4.78, 5) is 25.3. The van der Waals surface area contributed by atoms with Crippen LogP contribution in [0.5, 0.6) is 0 Å². The molecule has 1 aromatic carbocycles. The third-order valence-corrected chi connectivity index (χ3v) is 6.47. The van der Waals surface area contributed by atoms with E-state index in [0.29, 0.717) is 29.6 Å². The highest BCUT2D eigenvalue weighted by atomic mass is 16.6. The van der Waals surface area contributed by atoms with Crippen molar-refractivity contribution in [2.24, 2.45) is 5.92 Å². The van der Waals surface area contributed by atoms with Crippen LogP contribution in [0.2, 0.25) is 0 Å². The third-order valence-electron chi connectivity index (χ3n) is 6.47. The predicted octanol–water partition coefficient (Wildman–Crippen LogP) is 3.20. The Morgan fingerprint density at radius 2 is 1.86 bits per heavy atom. The van der Waals surface area contributed by atoms with Gasteiger partial charge in [0.15, 0.2) is 17.5 Å². The molecular formula is C23H34NO4+. The molecule has 2 aliphatic rings. The molecule has 0 aromatic heterocycles. The molecule has 3 rings (SSSR count). The van der Waals surface area contributed by atoms with Crippen LogP contribution in [0.3, 0.4) is 0 Å². The average molecular weight is 389 g/mol. The third kappa shape index (κ3) is 4.47. The van der Waals surface area contributed by atoms with Gasteiger partial charge in [-0.15, -0.1) is 0 Å². The summed E-state index contributed by atoms with van der Waals surface area (Å²) in [7, 11) is 2.06. The van der Waals surface area contributed by atoms with Gasteiger partial charge in [-0.25, -0.2) is 4.79 Å². The number of ketones is 1. The Bertz CT molecular complexity index is 685. The number of aliphatic hydroxyl groups is 1. The zero-order valence-corrected chi connectivity index (χ0v) is 17.2. The van der Waals surface area contributed by atoms with Gasteiger partial charge in [0, 0.05) is 18.8 Å². The summed E-state index contributed by atoms with van der Waals surface area (Å²) >= 11 is 0. The molecular weight excluding hydrogens is 354 g/mol. The first kappa shape index (κ1) is 21.0. The van der Waals surface area contributed by atoms with Crippen LogP contribution in [0.25, 0.3) is 0 Å². The Hall–Kier alpha value is -1.72. The van der Waals surface area contributed by atoms with Gasteiger partial charge in [-0.05, 0) is 24.8 Å². The lowest BCUT2D eigenvalue weighted by Gasteiger charge is -2.33. The summed E-state index contributed by atoms with van der Waals surface area (Å²) in [6.07, 6.45) is 5.70. The van der Waals surface area contributed by atoms with E-state index < -0.39 is 11.6 Å². The quantitative estimate of drug-likeness (QED) is 0.549. The lowest BCUT2D eigenvalue weighted by Crippen LogP contribution is -2.48. The van der Waals surface area contributed by atoms with Gasteiger partial charge in [0.05, 0.1) is 13.6 Å². The van der Waals surface area contributed by atoms with E-state index in [1.807, 2.05) is 37.3 Å². The zero-order chi connectivity index (χ0) is 20.2. The molecule has 5 heteroatoms. The number of likely N-dealkylation sites (N-methyl/N-ethyl adjacent to an activating group) is 1. The van der Waals surface area contributed by atoms with E-state index in [2.05, 4.69) is 7.05 Å². The minimum atomic E-state index is -1.58. The highest BCUT2D eigenvalue weighted by Crippen LogP contribution is 2.42. The van der Waals surface area contributed by atoms with Crippen molar-refractivity contribution in [1.82, 2.24) is 0 Å². The van der Waals surface area contributed by atoms with Gasteiger partial charge in [-0.1, -0.05) is 50.1 Å². The van der Waals surface area contributed by atoms with Crippen molar-refractivity contribution in [3.05, 3.63) is 35.9 Å². The van der Waals surface area contributed by atoms with E-state index in [4.69, 9.17) is 4.74 Å². The van der Waals surface area contributed by atoms with Crippen molar-refractivity contribution < 1.29 is 23.9 Å². The molecule has 1 aromatic rings. The molecule has 5 nitrogen and oxygen atoms in total. The van der Waals surface area contributed by atoms with E-state index in [1.54, 1.807) is 0 Å². The average Bonchev–Trinajstić information content (AvgIpc) is 3.32. The van der Waals surface area contributed by atoms with Crippen molar-refractivity contribution in [1.29, 1.82) is 0 Å². The van der Waals surface area contributed by atoms with E-state index in [1.165, 1.54) is 0 Å². The summed E-state index contributed by atoms with van der Waals surface area (Å²) in [6.45, 7) is 3.96. The summed E-state index contributed by atoms with van der Waals surface area (Å²) in [5.41, 5.74) is -0.956. The van der Waals surface area contributed by atoms with Crippen LogP contribution in [0, 0.1) is 5.92 Å². The number of carbonyl (C=O) groups is 2. The molecule has 3 atom stereocenters. The fourth-order valence-electron chi connectivity index (χ4n) is 4.95. The zero-order valence-electron chi connectivity index (χ0n) is 17.2. The molecule has 1 saturated carbocycles. The number of carbonyl (C=O) groups excluding carboxylic acids is 2. The fourth-order valence-corrected chi connectivity index (χ4v) is 4.95. The van der Waals surface area contributed by atoms with Crippen LogP contribution in [0.1, 0.15) is 57.4 Å². The molecule has 1 N–H and O–H groups in total. The minimum absolute atomic E-state index is 0.101. The van der Waals surface area contributed by atoms with Gasteiger partial charge in [-0.3, -0.25) is 4.79 Å². The highest BCUT2D eigenvalue weighted by Gasteiger charge is 2.49. The first-order valence-electron chi connectivity index (χ1n) is 10.7. The van der Waals surface area contributed by atoms with E-state index >= 15 is 0 Å². The summed E-state index contributed by atoms with van der Waals surface area (Å²) < 4.78 is 6.48. The molecule has 2 fully saturated rings. The SMILES string of the molecule is CCCC(=O)C[N+]1(C)CCC(OC(=O)[C@](O)(c2ccccc2)C2CCCC2)C1. The Kier molecular flexibility index (Phi) is 6.56. The second-order valence-electron chi connectivity index (χ2n) is 8.90. The van der Waals surface area contributed by atoms with Crippen LogP contribution in [0.15, 0.2) is 30.3 Å². The molecule has 1 aliphatic carbocycles. The Balaban J connectivity index is 1.70. The van der Waals surface area contributed by atoms with Gasteiger partial charge in [0.1, 0.15) is 13.1 Å². The number of esters is 1. The Labute approximate surface area is 168 Å². The topological polar surface area (TPSA) is 63.6 Å². The number of likely N-dealkylation sites (tertiary alicyclic amines) is 1.